The van der Waals surface area contributed by atoms with E-state index in [9.17, 15) is 4.39 Å². The zero-order valence-electron chi connectivity index (χ0n) is 11.2. The number of halogens is 3. The van der Waals surface area contributed by atoms with Crippen LogP contribution in [0.5, 0.6) is 0 Å². The van der Waals surface area contributed by atoms with E-state index in [-0.39, 0.29) is 5.82 Å². The molecule has 5 heteroatoms. The third-order valence-corrected chi connectivity index (χ3v) is 4.09. The Labute approximate surface area is 131 Å². The number of furan rings is 1. The van der Waals surface area contributed by atoms with Crippen molar-refractivity contribution in [1.29, 1.82) is 0 Å². The number of hydrogen-bond acceptors (Lipinski definition) is 2. The maximum Gasteiger partial charge on any atom is 0.137 e. The minimum absolute atomic E-state index is 0.350. The van der Waals surface area contributed by atoms with Crippen LogP contribution >= 0.6 is 23.2 Å². The maximum absolute atomic E-state index is 13.3. The fourth-order valence-corrected chi connectivity index (χ4v) is 2.82. The molecule has 0 aliphatic carbocycles. The average Bonchev–Trinajstić information content (AvgIpc) is 2.77. The summed E-state index contributed by atoms with van der Waals surface area (Å²) in [7, 11) is 0. The summed E-state index contributed by atoms with van der Waals surface area (Å²) in [4.78, 5) is 0. The van der Waals surface area contributed by atoms with E-state index >= 15 is 0 Å². The minimum atomic E-state index is -0.563. The zero-order chi connectivity index (χ0) is 15.1. The predicted molar refractivity (Wildman–Crippen MR) is 83.4 cm³/mol. The average molecular weight is 324 g/mol. The highest BCUT2D eigenvalue weighted by Crippen LogP contribution is 2.35. The molecule has 0 aliphatic heterocycles. The lowest BCUT2D eigenvalue weighted by Gasteiger charge is -2.12. The van der Waals surface area contributed by atoms with E-state index in [0.29, 0.717) is 27.0 Å². The normalized spacial score (nSPS) is 12.8. The van der Waals surface area contributed by atoms with Crippen LogP contribution in [0.25, 0.3) is 11.0 Å². The van der Waals surface area contributed by atoms with Crippen LogP contribution < -0.4 is 5.73 Å². The van der Waals surface area contributed by atoms with Crippen LogP contribution in [0.15, 0.2) is 40.8 Å². The van der Waals surface area contributed by atoms with Gasteiger partial charge in [-0.15, -0.1) is 0 Å². The summed E-state index contributed by atoms with van der Waals surface area (Å²) in [6, 6.07) is 8.95. The summed E-state index contributed by atoms with van der Waals surface area (Å²) in [5.41, 5.74) is 8.27. The second-order valence-electron chi connectivity index (χ2n) is 4.88. The van der Waals surface area contributed by atoms with E-state index in [1.54, 1.807) is 24.3 Å². The highest BCUT2D eigenvalue weighted by molar-refractivity contribution is 6.33. The third-order valence-electron chi connectivity index (χ3n) is 3.51. The second kappa shape index (κ2) is 5.34. The summed E-state index contributed by atoms with van der Waals surface area (Å²) >= 11 is 12.2. The number of nitrogens with two attached hydrogens (primary N) is 1. The molecule has 0 saturated carbocycles. The van der Waals surface area contributed by atoms with Gasteiger partial charge >= 0.3 is 0 Å². The van der Waals surface area contributed by atoms with Gasteiger partial charge < -0.3 is 10.2 Å². The van der Waals surface area contributed by atoms with Crippen molar-refractivity contribution >= 4 is 34.2 Å². The summed E-state index contributed by atoms with van der Waals surface area (Å²) in [6.45, 7) is 1.89. The monoisotopic (exact) mass is 323 g/mol. The van der Waals surface area contributed by atoms with Gasteiger partial charge in [-0.1, -0.05) is 23.2 Å². The number of aryl methyl sites for hydroxylation is 1. The van der Waals surface area contributed by atoms with Crippen molar-refractivity contribution < 1.29 is 8.81 Å². The fourth-order valence-electron chi connectivity index (χ4n) is 2.41. The molecule has 1 atom stereocenters. The lowest BCUT2D eigenvalue weighted by molar-refractivity contribution is 0.518. The molecular weight excluding hydrogens is 312 g/mol. The molecule has 2 nitrogen and oxygen atoms in total. The first-order chi connectivity index (χ1) is 9.97. The van der Waals surface area contributed by atoms with Crippen molar-refractivity contribution in [3.8, 4) is 0 Å². The quantitative estimate of drug-likeness (QED) is 0.700. The van der Waals surface area contributed by atoms with Crippen LogP contribution in [-0.2, 0) is 0 Å². The highest BCUT2D eigenvalue weighted by Gasteiger charge is 2.21. The van der Waals surface area contributed by atoms with Crippen molar-refractivity contribution in [1.82, 2.24) is 0 Å². The van der Waals surface area contributed by atoms with E-state index < -0.39 is 6.04 Å². The summed E-state index contributed by atoms with van der Waals surface area (Å²) in [5.74, 6) is 0.205. The van der Waals surface area contributed by atoms with E-state index in [1.165, 1.54) is 12.1 Å². The molecule has 0 radical (unpaired) electrons. The summed E-state index contributed by atoms with van der Waals surface area (Å²) < 4.78 is 19.0. The third kappa shape index (κ3) is 2.53. The first-order valence-electron chi connectivity index (χ1n) is 6.36. The number of benzene rings is 2. The van der Waals surface area contributed by atoms with Crippen LogP contribution in [0, 0.1) is 12.7 Å². The lowest BCUT2D eigenvalue weighted by atomic mass is 10.0. The topological polar surface area (TPSA) is 39.2 Å². The SMILES string of the molecule is Cc1c(C(N)c2cc(Cl)ccc2Cl)oc2cc(F)ccc12. The Balaban J connectivity index is 2.15. The highest BCUT2D eigenvalue weighted by atomic mass is 35.5. The van der Waals surface area contributed by atoms with E-state index in [0.717, 1.165) is 10.9 Å². The van der Waals surface area contributed by atoms with Crippen molar-refractivity contribution in [3.05, 3.63) is 69.1 Å². The molecule has 3 rings (SSSR count). The Bertz CT molecular complexity index is 829. The Hall–Kier alpha value is -1.55. The molecular formula is C16H12Cl2FNO. The lowest BCUT2D eigenvalue weighted by Crippen LogP contribution is -2.12. The molecule has 0 aliphatic rings. The Kier molecular flexibility index (Phi) is 3.66. The molecule has 2 aromatic carbocycles. The molecule has 0 fully saturated rings. The molecule has 21 heavy (non-hydrogen) atoms. The second-order valence-corrected chi connectivity index (χ2v) is 5.72. The molecule has 0 amide bonds. The summed E-state index contributed by atoms with van der Waals surface area (Å²) in [6.07, 6.45) is 0. The minimum Gasteiger partial charge on any atom is -0.459 e. The van der Waals surface area contributed by atoms with E-state index in [2.05, 4.69) is 0 Å². The first kappa shape index (κ1) is 14.4. The maximum atomic E-state index is 13.3. The standard InChI is InChI=1S/C16H12Cl2FNO/c1-8-11-4-3-10(19)7-14(11)21-16(8)15(20)12-6-9(17)2-5-13(12)18/h2-7,15H,20H2,1H3. The van der Waals surface area contributed by atoms with Gasteiger partial charge in [0, 0.05) is 27.1 Å². The molecule has 0 saturated heterocycles. The Morgan fingerprint density at radius 3 is 2.67 bits per heavy atom. The predicted octanol–water partition coefficient (Wildman–Crippen LogP) is 5.24. The van der Waals surface area contributed by atoms with Crippen LogP contribution in [0.4, 0.5) is 4.39 Å². The Morgan fingerprint density at radius 1 is 1.14 bits per heavy atom. The number of fused-ring (bicyclic) bond motifs is 1. The first-order valence-corrected chi connectivity index (χ1v) is 7.12. The van der Waals surface area contributed by atoms with Gasteiger partial charge in [-0.2, -0.15) is 0 Å². The van der Waals surface area contributed by atoms with Gasteiger partial charge in [0.1, 0.15) is 17.2 Å². The molecule has 108 valence electrons. The summed E-state index contributed by atoms with van der Waals surface area (Å²) in [5, 5.41) is 1.89. The molecule has 1 unspecified atom stereocenters. The van der Waals surface area contributed by atoms with Crippen molar-refractivity contribution in [2.45, 2.75) is 13.0 Å². The molecule has 0 spiro atoms. The van der Waals surface area contributed by atoms with Crippen LogP contribution in [0.1, 0.15) is 22.9 Å². The zero-order valence-corrected chi connectivity index (χ0v) is 12.7. The molecule has 1 aromatic heterocycles. The number of rotatable bonds is 2. The largest absolute Gasteiger partial charge is 0.459 e. The van der Waals surface area contributed by atoms with E-state index in [4.69, 9.17) is 33.4 Å². The molecule has 3 aromatic rings. The van der Waals surface area contributed by atoms with Crippen molar-refractivity contribution in [3.63, 3.8) is 0 Å². The van der Waals surface area contributed by atoms with Gasteiger partial charge in [-0.25, -0.2) is 4.39 Å². The van der Waals surface area contributed by atoms with Crippen LogP contribution in [-0.4, -0.2) is 0 Å². The van der Waals surface area contributed by atoms with E-state index in [1.807, 2.05) is 6.92 Å². The smallest absolute Gasteiger partial charge is 0.137 e. The van der Waals surface area contributed by atoms with Gasteiger partial charge in [0.05, 0.1) is 6.04 Å². The van der Waals surface area contributed by atoms with Gasteiger partial charge in [0.2, 0.25) is 0 Å². The van der Waals surface area contributed by atoms with Crippen LogP contribution in [0.3, 0.4) is 0 Å². The van der Waals surface area contributed by atoms with Gasteiger partial charge in [-0.05, 0) is 42.8 Å². The molecule has 2 N–H and O–H groups in total. The Morgan fingerprint density at radius 2 is 1.90 bits per heavy atom. The fraction of sp³-hybridized carbons (Fsp3) is 0.125. The van der Waals surface area contributed by atoms with Crippen molar-refractivity contribution in [2.75, 3.05) is 0 Å². The van der Waals surface area contributed by atoms with Crippen molar-refractivity contribution in [2.24, 2.45) is 5.73 Å². The molecule has 0 bridgehead atoms. The number of hydrogen-bond donors (Lipinski definition) is 1. The molecule has 1 heterocycles. The van der Waals surface area contributed by atoms with Gasteiger partial charge in [0.15, 0.2) is 0 Å². The van der Waals surface area contributed by atoms with Gasteiger partial charge in [0.25, 0.3) is 0 Å². The van der Waals surface area contributed by atoms with Gasteiger partial charge in [-0.3, -0.25) is 0 Å². The van der Waals surface area contributed by atoms with Crippen LogP contribution in [0.2, 0.25) is 10.0 Å².